The molecule has 0 N–H and O–H groups in total. The molecule has 0 saturated carbocycles. The Labute approximate surface area is 149 Å². The number of fused-ring (bicyclic) bond motifs is 1. The molecule has 1 atom stereocenters. The largest absolute Gasteiger partial charge is 0.359 e. The van der Waals surface area contributed by atoms with Gasteiger partial charge in [0, 0.05) is 22.3 Å². The third-order valence-corrected chi connectivity index (χ3v) is 4.96. The zero-order valence-corrected chi connectivity index (χ0v) is 14.2. The van der Waals surface area contributed by atoms with Gasteiger partial charge in [-0.3, -0.25) is 9.59 Å². The number of benzene rings is 2. The lowest BCUT2D eigenvalue weighted by Gasteiger charge is -2.25. The normalized spacial score (nSPS) is 20.0. The molecule has 4 nitrogen and oxygen atoms in total. The molecule has 24 heavy (non-hydrogen) atoms. The van der Waals surface area contributed by atoms with E-state index in [1.807, 2.05) is 23.1 Å². The van der Waals surface area contributed by atoms with Crippen LogP contribution in [-0.2, 0) is 16.0 Å². The van der Waals surface area contributed by atoms with Gasteiger partial charge in [-0.05, 0) is 36.2 Å². The topological polar surface area (TPSA) is 40.6 Å². The number of imide groups is 1. The van der Waals surface area contributed by atoms with Crippen molar-refractivity contribution in [2.45, 2.75) is 18.9 Å². The number of hydrogen-bond donors (Lipinski definition) is 0. The molecule has 2 aliphatic heterocycles. The van der Waals surface area contributed by atoms with Crippen molar-refractivity contribution in [3.05, 3.63) is 58.1 Å². The van der Waals surface area contributed by atoms with Gasteiger partial charge in [-0.15, -0.1) is 0 Å². The van der Waals surface area contributed by atoms with Crippen molar-refractivity contribution >= 4 is 46.4 Å². The minimum absolute atomic E-state index is 0.164. The van der Waals surface area contributed by atoms with E-state index in [0.717, 1.165) is 18.7 Å². The maximum absolute atomic E-state index is 12.9. The molecule has 0 radical (unpaired) electrons. The summed E-state index contributed by atoms with van der Waals surface area (Å²) in [7, 11) is 0. The highest BCUT2D eigenvalue weighted by Crippen LogP contribution is 2.35. The molecule has 2 aromatic rings. The molecule has 122 valence electrons. The van der Waals surface area contributed by atoms with Crippen LogP contribution in [0.1, 0.15) is 12.0 Å². The maximum Gasteiger partial charge on any atom is 0.256 e. The number of carbonyl (C=O) groups excluding carboxylic acids is 2. The number of hydrogen-bond acceptors (Lipinski definition) is 3. The summed E-state index contributed by atoms with van der Waals surface area (Å²) < 4.78 is 0. The van der Waals surface area contributed by atoms with E-state index in [4.69, 9.17) is 23.2 Å². The molecular formula is C18H14Cl2N2O2. The number of rotatable bonds is 2. The Hall–Kier alpha value is -2.04. The average molecular weight is 361 g/mol. The minimum Gasteiger partial charge on any atom is -0.359 e. The monoisotopic (exact) mass is 360 g/mol. The van der Waals surface area contributed by atoms with Crippen molar-refractivity contribution in [2.24, 2.45) is 0 Å². The van der Waals surface area contributed by atoms with Crippen LogP contribution in [0.5, 0.6) is 0 Å². The van der Waals surface area contributed by atoms with E-state index >= 15 is 0 Å². The second-order valence-corrected chi connectivity index (χ2v) is 6.86. The first-order valence-electron chi connectivity index (χ1n) is 7.72. The average Bonchev–Trinajstić information content (AvgIpc) is 3.07. The highest BCUT2D eigenvalue weighted by atomic mass is 35.5. The standard InChI is InChI=1S/C18H14Cl2N2O2/c19-12-7-13(20)9-14(8-12)22-17(23)10-16(18(22)24)21-6-5-11-3-1-2-4-15(11)21/h1-4,7-9,16H,5-6,10H2/t16-/m0/s1. The Balaban J connectivity index is 1.67. The first-order valence-corrected chi connectivity index (χ1v) is 8.47. The number of carbonyl (C=O) groups is 2. The van der Waals surface area contributed by atoms with Crippen molar-refractivity contribution in [1.82, 2.24) is 0 Å². The van der Waals surface area contributed by atoms with Crippen LogP contribution < -0.4 is 9.80 Å². The summed E-state index contributed by atoms with van der Waals surface area (Å²) in [4.78, 5) is 28.6. The zero-order valence-electron chi connectivity index (χ0n) is 12.7. The van der Waals surface area contributed by atoms with Crippen molar-refractivity contribution in [1.29, 1.82) is 0 Å². The van der Waals surface area contributed by atoms with Crippen LogP contribution in [0.25, 0.3) is 0 Å². The van der Waals surface area contributed by atoms with Crippen LogP contribution in [0, 0.1) is 0 Å². The van der Waals surface area contributed by atoms with Gasteiger partial charge >= 0.3 is 0 Å². The summed E-state index contributed by atoms with van der Waals surface area (Å²) in [6.45, 7) is 0.743. The molecular weight excluding hydrogens is 347 g/mol. The fourth-order valence-electron chi connectivity index (χ4n) is 3.49. The van der Waals surface area contributed by atoms with Crippen molar-refractivity contribution in [3.63, 3.8) is 0 Å². The molecule has 0 spiro atoms. The quantitative estimate of drug-likeness (QED) is 0.766. The summed E-state index contributed by atoms with van der Waals surface area (Å²) in [6, 6.07) is 12.3. The van der Waals surface area contributed by atoms with Crippen LogP contribution in [0.4, 0.5) is 11.4 Å². The predicted molar refractivity (Wildman–Crippen MR) is 94.9 cm³/mol. The molecule has 2 aliphatic rings. The van der Waals surface area contributed by atoms with Gasteiger partial charge in [0.15, 0.2) is 0 Å². The molecule has 2 aromatic carbocycles. The Morgan fingerprint density at radius 2 is 1.71 bits per heavy atom. The van der Waals surface area contributed by atoms with Gasteiger partial charge in [-0.2, -0.15) is 0 Å². The minimum atomic E-state index is -0.473. The van der Waals surface area contributed by atoms with E-state index in [1.165, 1.54) is 10.5 Å². The van der Waals surface area contributed by atoms with E-state index < -0.39 is 6.04 Å². The second-order valence-electron chi connectivity index (χ2n) is 5.99. The highest BCUT2D eigenvalue weighted by molar-refractivity contribution is 6.35. The van der Waals surface area contributed by atoms with Gasteiger partial charge in [0.1, 0.15) is 6.04 Å². The van der Waals surface area contributed by atoms with Gasteiger partial charge in [0.05, 0.1) is 12.1 Å². The van der Waals surface area contributed by atoms with Crippen LogP contribution in [0.15, 0.2) is 42.5 Å². The zero-order chi connectivity index (χ0) is 16.8. The van der Waals surface area contributed by atoms with E-state index in [1.54, 1.807) is 18.2 Å². The Bertz CT molecular complexity index is 832. The lowest BCUT2D eigenvalue weighted by Crippen LogP contribution is -2.41. The van der Waals surface area contributed by atoms with Gasteiger partial charge in [-0.25, -0.2) is 4.90 Å². The molecule has 0 aliphatic carbocycles. The molecule has 1 fully saturated rings. The number of anilines is 2. The van der Waals surface area contributed by atoms with E-state index in [-0.39, 0.29) is 18.2 Å². The lowest BCUT2D eigenvalue weighted by molar-refractivity contribution is -0.121. The third kappa shape index (κ3) is 2.46. The van der Waals surface area contributed by atoms with Crippen LogP contribution >= 0.6 is 23.2 Å². The molecule has 4 rings (SSSR count). The third-order valence-electron chi connectivity index (χ3n) is 4.53. The first kappa shape index (κ1) is 15.5. The summed E-state index contributed by atoms with van der Waals surface area (Å²) in [5.41, 5.74) is 2.68. The van der Waals surface area contributed by atoms with Crippen molar-refractivity contribution < 1.29 is 9.59 Å². The highest BCUT2D eigenvalue weighted by Gasteiger charge is 2.44. The summed E-state index contributed by atoms with van der Waals surface area (Å²) in [5.74, 6) is -0.456. The van der Waals surface area contributed by atoms with E-state index in [9.17, 15) is 9.59 Å². The first-order chi connectivity index (χ1) is 11.5. The second kappa shape index (κ2) is 5.80. The molecule has 0 aromatic heterocycles. The van der Waals surface area contributed by atoms with Gasteiger partial charge < -0.3 is 4.90 Å². The number of nitrogens with zero attached hydrogens (tertiary/aromatic N) is 2. The number of halogens is 2. The smallest absolute Gasteiger partial charge is 0.256 e. The van der Waals surface area contributed by atoms with Gasteiger partial charge in [-0.1, -0.05) is 41.4 Å². The SMILES string of the molecule is O=C1C[C@H](N2CCc3ccccc32)C(=O)N1c1cc(Cl)cc(Cl)c1. The number of amides is 2. The molecule has 0 bridgehead atoms. The van der Waals surface area contributed by atoms with Crippen LogP contribution in [0.2, 0.25) is 10.0 Å². The predicted octanol–water partition coefficient (Wildman–Crippen LogP) is 3.69. The lowest BCUT2D eigenvalue weighted by atomic mass is 10.1. The molecule has 0 unspecified atom stereocenters. The summed E-state index contributed by atoms with van der Waals surface area (Å²) in [5, 5.41) is 0.793. The van der Waals surface area contributed by atoms with Gasteiger partial charge in [0.25, 0.3) is 5.91 Å². The summed E-state index contributed by atoms with van der Waals surface area (Å²) >= 11 is 12.0. The van der Waals surface area contributed by atoms with Crippen molar-refractivity contribution in [2.75, 3.05) is 16.3 Å². The summed E-state index contributed by atoms with van der Waals surface area (Å²) in [6.07, 6.45) is 1.05. The van der Waals surface area contributed by atoms with Crippen molar-refractivity contribution in [3.8, 4) is 0 Å². The molecule has 6 heteroatoms. The molecule has 2 heterocycles. The van der Waals surface area contributed by atoms with Gasteiger partial charge in [0.2, 0.25) is 5.91 Å². The molecule has 1 saturated heterocycles. The maximum atomic E-state index is 12.9. The fourth-order valence-corrected chi connectivity index (χ4v) is 4.00. The Morgan fingerprint density at radius 3 is 2.46 bits per heavy atom. The Kier molecular flexibility index (Phi) is 3.74. The van der Waals surface area contributed by atoms with E-state index in [0.29, 0.717) is 15.7 Å². The fraction of sp³-hybridized carbons (Fsp3) is 0.222. The Morgan fingerprint density at radius 1 is 1.00 bits per heavy atom. The molecule has 2 amide bonds. The number of para-hydroxylation sites is 1. The van der Waals surface area contributed by atoms with Crippen LogP contribution in [0.3, 0.4) is 0 Å². The van der Waals surface area contributed by atoms with Crippen LogP contribution in [-0.4, -0.2) is 24.4 Å². The van der Waals surface area contributed by atoms with E-state index in [2.05, 4.69) is 6.07 Å².